The minimum absolute atomic E-state index is 0.470. The molecule has 0 aliphatic rings. The molecule has 0 atom stereocenters. The number of nitrogens with zero attached hydrogens (tertiary/aromatic N) is 4. The quantitative estimate of drug-likeness (QED) is 0.756. The Balaban J connectivity index is 1.88. The maximum atomic E-state index is 5.54. The molecular formula is C13H16N6O. The minimum atomic E-state index is 0.470. The first-order valence-corrected chi connectivity index (χ1v) is 6.35. The third-order valence-corrected chi connectivity index (χ3v) is 3.11. The van der Waals surface area contributed by atoms with E-state index in [1.807, 2.05) is 37.7 Å². The van der Waals surface area contributed by atoms with Crippen molar-refractivity contribution in [2.75, 3.05) is 17.7 Å². The van der Waals surface area contributed by atoms with Gasteiger partial charge in [0, 0.05) is 19.4 Å². The van der Waals surface area contributed by atoms with Crippen molar-refractivity contribution in [1.29, 1.82) is 0 Å². The van der Waals surface area contributed by atoms with Crippen molar-refractivity contribution >= 4 is 17.3 Å². The van der Waals surface area contributed by atoms with Crippen LogP contribution < -0.4 is 10.6 Å². The van der Waals surface area contributed by atoms with E-state index in [2.05, 4.69) is 25.6 Å². The monoisotopic (exact) mass is 272 g/mol. The number of nitrogens with one attached hydrogen (secondary N) is 2. The highest BCUT2D eigenvalue weighted by Gasteiger charge is 2.09. The molecular weight excluding hydrogens is 256 g/mol. The molecule has 7 heteroatoms. The third kappa shape index (κ3) is 2.18. The Morgan fingerprint density at radius 1 is 1.30 bits per heavy atom. The smallest absolute Gasteiger partial charge is 0.213 e. The first-order chi connectivity index (χ1) is 9.67. The van der Waals surface area contributed by atoms with Crippen LogP contribution in [0.3, 0.4) is 0 Å². The number of hydrogen-bond acceptors (Lipinski definition) is 6. The molecule has 2 N–H and O–H groups in total. The van der Waals surface area contributed by atoms with E-state index in [4.69, 9.17) is 4.42 Å². The van der Waals surface area contributed by atoms with Crippen molar-refractivity contribution in [1.82, 2.24) is 19.4 Å². The average Bonchev–Trinajstić information content (AvgIpc) is 3.03. The van der Waals surface area contributed by atoms with E-state index in [0.717, 1.165) is 22.9 Å². The zero-order valence-electron chi connectivity index (χ0n) is 11.6. The van der Waals surface area contributed by atoms with Gasteiger partial charge in [0.1, 0.15) is 11.6 Å². The van der Waals surface area contributed by atoms with Gasteiger partial charge in [0.2, 0.25) is 5.89 Å². The van der Waals surface area contributed by atoms with Crippen LogP contribution in [0.1, 0.15) is 17.3 Å². The van der Waals surface area contributed by atoms with Crippen molar-refractivity contribution in [3.05, 3.63) is 35.9 Å². The van der Waals surface area contributed by atoms with Crippen LogP contribution in [0.15, 0.2) is 23.0 Å². The van der Waals surface area contributed by atoms with Crippen LogP contribution in [0.25, 0.3) is 5.65 Å². The van der Waals surface area contributed by atoms with Gasteiger partial charge in [0.15, 0.2) is 11.5 Å². The molecule has 0 aliphatic carbocycles. The van der Waals surface area contributed by atoms with E-state index in [9.17, 15) is 0 Å². The number of hydrogen-bond donors (Lipinski definition) is 2. The van der Waals surface area contributed by atoms with E-state index in [1.54, 1.807) is 6.20 Å². The van der Waals surface area contributed by atoms with Crippen LogP contribution in [0.4, 0.5) is 11.6 Å². The molecule has 0 amide bonds. The summed E-state index contributed by atoms with van der Waals surface area (Å²) < 4.78 is 7.45. The summed E-state index contributed by atoms with van der Waals surface area (Å²) in [4.78, 5) is 13.1. The van der Waals surface area contributed by atoms with Gasteiger partial charge < -0.3 is 19.5 Å². The van der Waals surface area contributed by atoms with Gasteiger partial charge >= 0.3 is 0 Å². The molecule has 3 aromatic heterocycles. The number of anilines is 2. The highest BCUT2D eigenvalue weighted by Crippen LogP contribution is 2.17. The number of aryl methyl sites for hydroxylation is 2. The molecule has 0 aromatic carbocycles. The molecule has 3 heterocycles. The number of rotatable bonds is 4. The Labute approximate surface area is 116 Å². The van der Waals surface area contributed by atoms with Crippen LogP contribution in [0, 0.1) is 13.8 Å². The summed E-state index contributed by atoms with van der Waals surface area (Å²) in [5.41, 5.74) is 1.67. The van der Waals surface area contributed by atoms with Gasteiger partial charge in [0.25, 0.3) is 0 Å². The van der Waals surface area contributed by atoms with E-state index >= 15 is 0 Å². The lowest BCUT2D eigenvalue weighted by Crippen LogP contribution is -2.06. The van der Waals surface area contributed by atoms with E-state index in [0.29, 0.717) is 18.3 Å². The van der Waals surface area contributed by atoms with Gasteiger partial charge in [-0.05, 0) is 13.8 Å². The summed E-state index contributed by atoms with van der Waals surface area (Å²) in [7, 11) is 1.83. The molecule has 0 bridgehead atoms. The fourth-order valence-corrected chi connectivity index (χ4v) is 1.94. The second-order valence-corrected chi connectivity index (χ2v) is 4.49. The van der Waals surface area contributed by atoms with Crippen LogP contribution in [0.5, 0.6) is 0 Å². The molecule has 0 unspecified atom stereocenters. The average molecular weight is 272 g/mol. The van der Waals surface area contributed by atoms with E-state index in [-0.39, 0.29) is 0 Å². The highest BCUT2D eigenvalue weighted by atomic mass is 16.4. The number of imidazole rings is 1. The van der Waals surface area contributed by atoms with Crippen molar-refractivity contribution < 1.29 is 4.42 Å². The molecule has 0 spiro atoms. The maximum absolute atomic E-state index is 5.54. The Hall–Kier alpha value is -2.57. The van der Waals surface area contributed by atoms with Crippen molar-refractivity contribution in [2.24, 2.45) is 0 Å². The molecule has 0 radical (unpaired) electrons. The number of aromatic nitrogens is 4. The van der Waals surface area contributed by atoms with Gasteiger partial charge in [0.05, 0.1) is 18.4 Å². The molecule has 20 heavy (non-hydrogen) atoms. The fraction of sp³-hybridized carbons (Fsp3) is 0.308. The number of oxazole rings is 1. The molecule has 0 aliphatic heterocycles. The third-order valence-electron chi connectivity index (χ3n) is 3.11. The highest BCUT2D eigenvalue weighted by molar-refractivity contribution is 5.65. The van der Waals surface area contributed by atoms with Crippen LogP contribution in [-0.2, 0) is 6.54 Å². The predicted molar refractivity (Wildman–Crippen MR) is 75.8 cm³/mol. The topological polar surface area (TPSA) is 80.3 Å². The van der Waals surface area contributed by atoms with Crippen molar-refractivity contribution in [2.45, 2.75) is 20.4 Å². The zero-order valence-corrected chi connectivity index (χ0v) is 11.6. The molecule has 3 rings (SSSR count). The summed E-state index contributed by atoms with van der Waals surface area (Å²) in [5, 5.41) is 6.24. The summed E-state index contributed by atoms with van der Waals surface area (Å²) in [6.07, 6.45) is 5.50. The van der Waals surface area contributed by atoms with Crippen molar-refractivity contribution in [3.8, 4) is 0 Å². The molecule has 0 saturated heterocycles. The van der Waals surface area contributed by atoms with Gasteiger partial charge in [-0.25, -0.2) is 15.0 Å². The molecule has 7 nitrogen and oxygen atoms in total. The second kappa shape index (κ2) is 4.84. The molecule has 0 saturated carbocycles. The Kier molecular flexibility index (Phi) is 3.02. The normalized spacial score (nSPS) is 10.9. The van der Waals surface area contributed by atoms with Gasteiger partial charge in [-0.2, -0.15) is 0 Å². The Bertz CT molecular complexity index is 725. The van der Waals surface area contributed by atoms with Gasteiger partial charge in [-0.1, -0.05) is 0 Å². The van der Waals surface area contributed by atoms with Crippen LogP contribution in [-0.4, -0.2) is 26.4 Å². The fourth-order valence-electron chi connectivity index (χ4n) is 1.94. The first kappa shape index (κ1) is 12.5. The molecule has 3 aromatic rings. The predicted octanol–water partition coefficient (Wildman–Crippen LogP) is 1.99. The van der Waals surface area contributed by atoms with Gasteiger partial charge in [-0.3, -0.25) is 0 Å². The summed E-state index contributed by atoms with van der Waals surface area (Å²) >= 11 is 0. The Morgan fingerprint density at radius 3 is 2.85 bits per heavy atom. The van der Waals surface area contributed by atoms with Crippen LogP contribution in [0.2, 0.25) is 0 Å². The SMILES string of the molecule is CNc1cn2ccnc2c(NCc2nc(C)c(C)o2)n1. The second-order valence-electron chi connectivity index (χ2n) is 4.49. The maximum Gasteiger partial charge on any atom is 0.213 e. The van der Waals surface area contributed by atoms with Crippen molar-refractivity contribution in [3.63, 3.8) is 0 Å². The number of fused-ring (bicyclic) bond motifs is 1. The van der Waals surface area contributed by atoms with E-state index < -0.39 is 0 Å². The Morgan fingerprint density at radius 2 is 2.15 bits per heavy atom. The largest absolute Gasteiger partial charge is 0.444 e. The van der Waals surface area contributed by atoms with Crippen LogP contribution >= 0.6 is 0 Å². The standard InChI is InChI=1S/C13H16N6O/c1-8-9(2)20-11(17-8)6-16-12-13-15-4-5-19(13)7-10(14-3)18-12/h4-5,7,14H,6H2,1-3H3,(H,16,18). The van der Waals surface area contributed by atoms with Gasteiger partial charge in [-0.15, -0.1) is 0 Å². The molecule has 104 valence electrons. The lowest BCUT2D eigenvalue weighted by atomic mass is 10.4. The molecule has 0 fully saturated rings. The summed E-state index contributed by atoms with van der Waals surface area (Å²) in [5.74, 6) is 2.93. The zero-order chi connectivity index (χ0) is 14.1. The minimum Gasteiger partial charge on any atom is -0.444 e. The lowest BCUT2D eigenvalue weighted by molar-refractivity contribution is 0.478. The first-order valence-electron chi connectivity index (χ1n) is 6.35. The van der Waals surface area contributed by atoms with E-state index in [1.165, 1.54) is 0 Å². The summed E-state index contributed by atoms with van der Waals surface area (Å²) in [6, 6.07) is 0. The lowest BCUT2D eigenvalue weighted by Gasteiger charge is -2.07. The summed E-state index contributed by atoms with van der Waals surface area (Å²) in [6.45, 7) is 4.30.